The van der Waals surface area contributed by atoms with Crippen LogP contribution in [0, 0.1) is 0 Å². The fraction of sp³-hybridized carbons (Fsp3) is 0.500. The molecule has 1 aliphatic rings. The van der Waals surface area contributed by atoms with Gasteiger partial charge in [0.15, 0.2) is 0 Å². The minimum atomic E-state index is -5.68. The summed E-state index contributed by atoms with van der Waals surface area (Å²) in [5, 5.41) is 20.7. The van der Waals surface area contributed by atoms with Crippen molar-refractivity contribution in [3.05, 3.63) is 28.8 Å². The number of halogens is 1. The van der Waals surface area contributed by atoms with Crippen molar-refractivity contribution >= 4 is 35.1 Å². The molecule has 14 nitrogen and oxygen atoms in total. The minimum Gasteiger partial charge on any atom is -0.496 e. The lowest BCUT2D eigenvalue weighted by Crippen LogP contribution is -2.33. The van der Waals surface area contributed by atoms with Crippen molar-refractivity contribution in [3.8, 4) is 5.75 Å². The number of aliphatic hydroxyl groups excluding tert-OH is 2. The first kappa shape index (κ1) is 25.9. The molecule has 1 fully saturated rings. The first-order chi connectivity index (χ1) is 13.6. The molecular formula is C12H18ClO14P3. The first-order valence-corrected chi connectivity index (χ1v) is 12.7. The van der Waals surface area contributed by atoms with Crippen LogP contribution in [0.2, 0.25) is 5.02 Å². The lowest BCUT2D eigenvalue weighted by Gasteiger charge is -2.19. The van der Waals surface area contributed by atoms with Gasteiger partial charge in [0.1, 0.15) is 30.2 Å². The summed E-state index contributed by atoms with van der Waals surface area (Å²) in [7, 11) is -15.3. The molecule has 1 aromatic rings. The van der Waals surface area contributed by atoms with Crippen LogP contribution in [0.3, 0.4) is 0 Å². The van der Waals surface area contributed by atoms with Crippen LogP contribution in [0.4, 0.5) is 0 Å². The highest BCUT2D eigenvalue weighted by atomic mass is 35.5. The van der Waals surface area contributed by atoms with E-state index in [9.17, 15) is 28.8 Å². The fourth-order valence-corrected chi connectivity index (χ4v) is 5.73. The number of ether oxygens (including phenoxy) is 2. The molecule has 0 radical (unpaired) electrons. The first-order valence-electron chi connectivity index (χ1n) is 7.77. The molecule has 6 atom stereocenters. The highest BCUT2D eigenvalue weighted by Gasteiger charge is 2.46. The van der Waals surface area contributed by atoms with Gasteiger partial charge >= 0.3 is 23.5 Å². The third kappa shape index (κ3) is 7.06. The maximum absolute atomic E-state index is 11.8. The molecule has 1 aromatic carbocycles. The van der Waals surface area contributed by atoms with Crippen LogP contribution in [-0.4, -0.2) is 61.8 Å². The number of hydrogen-bond donors (Lipinski definition) is 6. The third-order valence-corrected chi connectivity index (χ3v) is 7.72. The smallest absolute Gasteiger partial charge is 0.490 e. The van der Waals surface area contributed by atoms with E-state index >= 15 is 0 Å². The molecule has 1 saturated heterocycles. The Labute approximate surface area is 174 Å². The number of benzene rings is 1. The zero-order valence-corrected chi connectivity index (χ0v) is 18.4. The number of hydrogen-bond acceptors (Lipinski definition) is 10. The lowest BCUT2D eigenvalue weighted by molar-refractivity contribution is -0.0228. The highest BCUT2D eigenvalue weighted by Crippen LogP contribution is 2.66. The van der Waals surface area contributed by atoms with Crippen molar-refractivity contribution in [1.29, 1.82) is 0 Å². The Kier molecular flexibility index (Phi) is 8.29. The number of rotatable bonds is 9. The monoisotopic (exact) mass is 514 g/mol. The molecule has 2 rings (SSSR count). The van der Waals surface area contributed by atoms with Gasteiger partial charge in [-0.25, -0.2) is 13.7 Å². The SMILES string of the molecule is COc1cc(Cl)ccc1[C@@H]1O[C@H](COP(=O)(O)OP(=O)(O)OP(=O)(O)O)[C@H](O)[C@@H]1O. The van der Waals surface area contributed by atoms with Crippen molar-refractivity contribution < 1.29 is 66.1 Å². The summed E-state index contributed by atoms with van der Waals surface area (Å²) in [6, 6.07) is 4.37. The Balaban J connectivity index is 2.07. The topological polar surface area (TPSA) is 219 Å². The summed E-state index contributed by atoms with van der Waals surface area (Å²) in [6.07, 6.45) is -5.70. The molecule has 0 bridgehead atoms. The van der Waals surface area contributed by atoms with Crippen LogP contribution in [0.25, 0.3) is 0 Å². The molecule has 0 aliphatic carbocycles. The van der Waals surface area contributed by atoms with Crippen LogP contribution >= 0.6 is 35.1 Å². The normalized spacial score (nSPS) is 28.7. The number of methoxy groups -OCH3 is 1. The summed E-state index contributed by atoms with van der Waals surface area (Å²) in [4.78, 5) is 35.5. The molecule has 6 N–H and O–H groups in total. The second-order valence-electron chi connectivity index (χ2n) is 5.85. The van der Waals surface area contributed by atoms with Gasteiger partial charge in [-0.2, -0.15) is 8.62 Å². The van der Waals surface area contributed by atoms with Crippen molar-refractivity contribution in [2.45, 2.75) is 24.4 Å². The van der Waals surface area contributed by atoms with Crippen LogP contribution in [0.15, 0.2) is 18.2 Å². The van der Waals surface area contributed by atoms with Crippen molar-refractivity contribution in [3.63, 3.8) is 0 Å². The predicted octanol–water partition coefficient (Wildman–Crippen LogP) is 0.854. The average Bonchev–Trinajstić information content (AvgIpc) is 2.85. The van der Waals surface area contributed by atoms with Crippen LogP contribution in [0.1, 0.15) is 11.7 Å². The molecule has 1 aliphatic heterocycles. The van der Waals surface area contributed by atoms with E-state index in [1.54, 1.807) is 0 Å². The molecule has 0 aromatic heterocycles. The molecule has 30 heavy (non-hydrogen) atoms. The molecule has 0 spiro atoms. The number of phosphoric acid groups is 3. The van der Waals surface area contributed by atoms with Crippen LogP contribution in [0.5, 0.6) is 5.75 Å². The summed E-state index contributed by atoms with van der Waals surface area (Å²) >= 11 is 5.86. The average molecular weight is 515 g/mol. The minimum absolute atomic E-state index is 0.229. The third-order valence-electron chi connectivity index (χ3n) is 3.68. The van der Waals surface area contributed by atoms with Gasteiger partial charge < -0.3 is 39.3 Å². The van der Waals surface area contributed by atoms with Gasteiger partial charge in [-0.1, -0.05) is 17.7 Å². The van der Waals surface area contributed by atoms with E-state index in [1.807, 2.05) is 0 Å². The van der Waals surface area contributed by atoms with Gasteiger partial charge in [-0.05, 0) is 12.1 Å². The van der Waals surface area contributed by atoms with E-state index in [-0.39, 0.29) is 5.75 Å². The molecule has 172 valence electrons. The summed E-state index contributed by atoms with van der Waals surface area (Å²) < 4.78 is 55.8. The Morgan fingerprint density at radius 3 is 2.23 bits per heavy atom. The maximum atomic E-state index is 11.8. The summed E-state index contributed by atoms with van der Waals surface area (Å²) in [5.74, 6) is 0.229. The van der Waals surface area contributed by atoms with E-state index in [4.69, 9.17) is 35.8 Å². The maximum Gasteiger partial charge on any atom is 0.490 e. The van der Waals surface area contributed by atoms with Gasteiger partial charge in [0.2, 0.25) is 0 Å². The zero-order chi connectivity index (χ0) is 22.9. The number of aliphatic hydroxyl groups is 2. The molecule has 0 amide bonds. The zero-order valence-electron chi connectivity index (χ0n) is 14.9. The van der Waals surface area contributed by atoms with Crippen molar-refractivity contribution in [1.82, 2.24) is 0 Å². The fourth-order valence-electron chi connectivity index (χ4n) is 2.53. The van der Waals surface area contributed by atoms with Gasteiger partial charge in [-0.15, -0.1) is 0 Å². The molecular weight excluding hydrogens is 496 g/mol. The second kappa shape index (κ2) is 9.62. The van der Waals surface area contributed by atoms with E-state index < -0.39 is 54.5 Å². The number of phosphoric ester groups is 1. The van der Waals surface area contributed by atoms with E-state index in [0.717, 1.165) is 0 Å². The summed E-state index contributed by atoms with van der Waals surface area (Å²) in [6.45, 7) is -0.922. The largest absolute Gasteiger partial charge is 0.496 e. The predicted molar refractivity (Wildman–Crippen MR) is 97.4 cm³/mol. The van der Waals surface area contributed by atoms with Crippen molar-refractivity contribution in [2.24, 2.45) is 0 Å². The Morgan fingerprint density at radius 1 is 1.03 bits per heavy atom. The van der Waals surface area contributed by atoms with Gasteiger partial charge in [0, 0.05) is 10.6 Å². The van der Waals surface area contributed by atoms with E-state index in [2.05, 4.69) is 13.1 Å². The molecule has 1 heterocycles. The molecule has 18 heteroatoms. The van der Waals surface area contributed by atoms with E-state index in [0.29, 0.717) is 10.6 Å². The highest BCUT2D eigenvalue weighted by molar-refractivity contribution is 7.66. The second-order valence-corrected chi connectivity index (χ2v) is 10.7. The Hall–Kier alpha value is -0.400. The van der Waals surface area contributed by atoms with Gasteiger partial charge in [-0.3, -0.25) is 4.52 Å². The van der Waals surface area contributed by atoms with Crippen LogP contribution in [-0.2, 0) is 31.6 Å². The van der Waals surface area contributed by atoms with Crippen LogP contribution < -0.4 is 4.74 Å². The van der Waals surface area contributed by atoms with Gasteiger partial charge in [0.05, 0.1) is 13.7 Å². The quantitative estimate of drug-likeness (QED) is 0.252. The van der Waals surface area contributed by atoms with E-state index in [1.165, 1.54) is 25.3 Å². The Bertz CT molecular complexity index is 904. The summed E-state index contributed by atoms with van der Waals surface area (Å²) in [5.41, 5.74) is 0.300. The standard InChI is InChI=1S/C12H18ClO14P3/c1-23-8-4-6(13)2-3-7(8)12-11(15)10(14)9(25-12)5-24-29(19,20)27-30(21,22)26-28(16,17)18/h2-4,9-12,14-15H,5H2,1H3,(H,19,20)(H,21,22)(H2,16,17,18)/t9-,10+,11+,12+/m1/s1. The molecule has 2 unspecified atom stereocenters. The van der Waals surface area contributed by atoms with Crippen molar-refractivity contribution in [2.75, 3.05) is 13.7 Å². The molecule has 0 saturated carbocycles. The lowest BCUT2D eigenvalue weighted by atomic mass is 10.0. The Morgan fingerprint density at radius 2 is 1.67 bits per heavy atom. The van der Waals surface area contributed by atoms with Gasteiger partial charge in [0.25, 0.3) is 0 Å².